The molecule has 1 aliphatic carbocycles. The Kier molecular flexibility index (Phi) is 10.1. The molecule has 4 atom stereocenters. The van der Waals surface area contributed by atoms with E-state index < -0.39 is 0 Å². The van der Waals surface area contributed by atoms with Crippen molar-refractivity contribution in [1.29, 1.82) is 0 Å². The lowest BCUT2D eigenvalue weighted by Crippen LogP contribution is -2.38. The van der Waals surface area contributed by atoms with Gasteiger partial charge in [0.25, 0.3) is 0 Å². The number of rotatable bonds is 9. The molecule has 48 heavy (non-hydrogen) atoms. The maximum atomic E-state index is 5.20. The molecule has 0 radical (unpaired) electrons. The van der Waals surface area contributed by atoms with Crippen LogP contribution in [0.15, 0.2) is 12.1 Å². The molecule has 6 heterocycles. The minimum absolute atomic E-state index is 0.295. The van der Waals surface area contributed by atoms with Gasteiger partial charge in [0.15, 0.2) is 11.3 Å². The molecule has 0 spiro atoms. The molecule has 0 bridgehead atoms. The summed E-state index contributed by atoms with van der Waals surface area (Å²) in [7, 11) is 7.77. The van der Waals surface area contributed by atoms with Gasteiger partial charge >= 0.3 is 0 Å². The first kappa shape index (κ1) is 33.9. The normalized spacial score (nSPS) is 23.6. The van der Waals surface area contributed by atoms with Gasteiger partial charge in [0.05, 0.1) is 17.4 Å². The first-order chi connectivity index (χ1) is 23.1. The first-order valence-electron chi connectivity index (χ1n) is 17.2. The molecule has 7 rings (SSSR count). The van der Waals surface area contributed by atoms with Crippen LogP contribution in [0.25, 0.3) is 22.1 Å². The summed E-state index contributed by atoms with van der Waals surface area (Å²) in [5, 5.41) is 18.8. The molecule has 13 nitrogen and oxygen atoms in total. The van der Waals surface area contributed by atoms with E-state index in [0.29, 0.717) is 35.4 Å². The lowest BCUT2D eigenvalue weighted by atomic mass is 9.82. The molecule has 5 N–H and O–H groups in total. The molecule has 13 heteroatoms. The van der Waals surface area contributed by atoms with Crippen molar-refractivity contribution in [2.45, 2.75) is 77.9 Å². The summed E-state index contributed by atoms with van der Waals surface area (Å²) in [6.45, 7) is 11.9. The smallest absolute Gasteiger partial charge is 0.226 e. The Labute approximate surface area is 283 Å². The third kappa shape index (κ3) is 6.94. The SMILES string of the molecule is CNc1nc(NC2CNC(COC)C2)nc2nc(C)cc(C)c12.CNc1nc(NCC23CCCC2N(C)CC3)nc2nc(C)cc(C)c12. The van der Waals surface area contributed by atoms with E-state index >= 15 is 0 Å². The summed E-state index contributed by atoms with van der Waals surface area (Å²) in [5.74, 6) is 2.96. The van der Waals surface area contributed by atoms with E-state index in [9.17, 15) is 0 Å². The second-order valence-corrected chi connectivity index (χ2v) is 13.8. The fourth-order valence-corrected chi connectivity index (χ4v) is 8.10. The largest absolute Gasteiger partial charge is 0.383 e. The Bertz CT molecular complexity index is 1770. The number of ether oxygens (including phenoxy) is 1. The van der Waals surface area contributed by atoms with Gasteiger partial charge < -0.3 is 36.2 Å². The van der Waals surface area contributed by atoms with Crippen LogP contribution in [0, 0.1) is 33.1 Å². The quantitative estimate of drug-likeness (QED) is 0.173. The summed E-state index contributed by atoms with van der Waals surface area (Å²) >= 11 is 0. The van der Waals surface area contributed by atoms with Crippen LogP contribution in [0.1, 0.15) is 54.6 Å². The van der Waals surface area contributed by atoms with E-state index in [1.54, 1.807) is 7.11 Å². The van der Waals surface area contributed by atoms with Crippen molar-refractivity contribution in [3.63, 3.8) is 0 Å². The van der Waals surface area contributed by atoms with E-state index in [1.807, 2.05) is 27.9 Å². The summed E-state index contributed by atoms with van der Waals surface area (Å²) < 4.78 is 5.20. The second-order valence-electron chi connectivity index (χ2n) is 13.8. The Morgan fingerprint density at radius 3 is 2.12 bits per heavy atom. The molecular weight excluding hydrogens is 604 g/mol. The predicted molar refractivity (Wildman–Crippen MR) is 194 cm³/mol. The van der Waals surface area contributed by atoms with E-state index in [1.165, 1.54) is 32.2 Å². The molecule has 1 saturated carbocycles. The molecule has 0 amide bonds. The highest BCUT2D eigenvalue weighted by Crippen LogP contribution is 2.48. The number of aryl methyl sites for hydroxylation is 4. The summed E-state index contributed by atoms with van der Waals surface area (Å²) in [6.07, 6.45) is 6.21. The third-order valence-electron chi connectivity index (χ3n) is 10.3. The Morgan fingerprint density at radius 1 is 0.875 bits per heavy atom. The topological polar surface area (TPSA) is 150 Å². The number of fused-ring (bicyclic) bond motifs is 3. The second kappa shape index (κ2) is 14.3. The maximum absolute atomic E-state index is 5.20. The number of anilines is 4. The highest BCUT2D eigenvalue weighted by atomic mass is 16.5. The number of methoxy groups -OCH3 is 1. The van der Waals surface area contributed by atoms with Crippen molar-refractivity contribution in [3.05, 3.63) is 34.6 Å². The number of likely N-dealkylation sites (tertiary alicyclic amines) is 1. The van der Waals surface area contributed by atoms with Crippen LogP contribution in [0.5, 0.6) is 0 Å². The molecule has 3 aliphatic rings. The van der Waals surface area contributed by atoms with Crippen LogP contribution in [0.2, 0.25) is 0 Å². The maximum Gasteiger partial charge on any atom is 0.226 e. The van der Waals surface area contributed by atoms with Crippen LogP contribution in [0.3, 0.4) is 0 Å². The van der Waals surface area contributed by atoms with Crippen LogP contribution in [-0.4, -0.2) is 107 Å². The van der Waals surface area contributed by atoms with Gasteiger partial charge in [0.1, 0.15) is 11.6 Å². The average Bonchev–Trinajstić information content (AvgIpc) is 3.76. The molecule has 2 saturated heterocycles. The zero-order valence-corrected chi connectivity index (χ0v) is 29.8. The van der Waals surface area contributed by atoms with Crippen LogP contribution >= 0.6 is 0 Å². The van der Waals surface area contributed by atoms with Gasteiger partial charge in [-0.05, 0) is 90.2 Å². The molecular formula is C35H52N12O. The van der Waals surface area contributed by atoms with Crippen molar-refractivity contribution < 1.29 is 4.74 Å². The third-order valence-corrected chi connectivity index (χ3v) is 10.3. The highest BCUT2D eigenvalue weighted by Gasteiger charge is 2.48. The number of hydrogen-bond acceptors (Lipinski definition) is 13. The number of pyridine rings is 2. The van der Waals surface area contributed by atoms with Gasteiger partial charge in [-0.15, -0.1) is 0 Å². The van der Waals surface area contributed by atoms with Crippen LogP contribution in [-0.2, 0) is 4.74 Å². The van der Waals surface area contributed by atoms with Crippen molar-refractivity contribution >= 4 is 45.6 Å². The molecule has 4 aromatic rings. The predicted octanol–water partition coefficient (Wildman–Crippen LogP) is 4.44. The molecule has 4 unspecified atom stereocenters. The van der Waals surface area contributed by atoms with Crippen molar-refractivity contribution in [1.82, 2.24) is 40.1 Å². The van der Waals surface area contributed by atoms with Gasteiger partial charge in [0.2, 0.25) is 11.9 Å². The summed E-state index contributed by atoms with van der Waals surface area (Å²) in [6, 6.07) is 5.51. The highest BCUT2D eigenvalue weighted by molar-refractivity contribution is 5.91. The molecule has 0 aromatic carbocycles. The lowest BCUT2D eigenvalue weighted by Gasteiger charge is -2.31. The van der Waals surface area contributed by atoms with Gasteiger partial charge in [0, 0.05) is 69.2 Å². The first-order valence-corrected chi connectivity index (χ1v) is 17.2. The Morgan fingerprint density at radius 2 is 1.50 bits per heavy atom. The molecule has 4 aromatic heterocycles. The fourth-order valence-electron chi connectivity index (χ4n) is 8.10. The minimum atomic E-state index is 0.295. The molecule has 2 aliphatic heterocycles. The van der Waals surface area contributed by atoms with Gasteiger partial charge in [-0.3, -0.25) is 0 Å². The zero-order chi connectivity index (χ0) is 34.0. The summed E-state index contributed by atoms with van der Waals surface area (Å²) in [5.41, 5.74) is 6.11. The standard InChI is InChI=1S/C19H28N6.C16H24N6O/c1-12-10-13(2)22-17-15(12)16(20-3)23-18(24-17)21-11-19-7-5-6-14(19)25(4)9-8-19;1-9-5-10(2)19-15-13(9)14(17-3)21-16(22-15)20-11-6-12(8-23-4)18-7-11/h10,14H,5-9,11H2,1-4H3,(H2,20,21,22,23,24);5,11-12,18H,6-8H2,1-4H3,(H2,17,19,20,21,22). The summed E-state index contributed by atoms with van der Waals surface area (Å²) in [4.78, 5) is 30.4. The van der Waals surface area contributed by atoms with Gasteiger partial charge in [-0.2, -0.15) is 19.9 Å². The van der Waals surface area contributed by atoms with E-state index in [-0.39, 0.29) is 0 Å². The van der Waals surface area contributed by atoms with Gasteiger partial charge in [-0.1, -0.05) is 6.42 Å². The van der Waals surface area contributed by atoms with Crippen molar-refractivity contribution in [2.24, 2.45) is 5.41 Å². The minimum Gasteiger partial charge on any atom is -0.383 e. The van der Waals surface area contributed by atoms with E-state index in [2.05, 4.69) is 84.4 Å². The monoisotopic (exact) mass is 656 g/mol. The molecule has 3 fully saturated rings. The number of nitrogens with zero attached hydrogens (tertiary/aromatic N) is 7. The van der Waals surface area contributed by atoms with Crippen LogP contribution < -0.4 is 26.6 Å². The van der Waals surface area contributed by atoms with E-state index in [4.69, 9.17) is 14.7 Å². The zero-order valence-electron chi connectivity index (χ0n) is 29.8. The number of hydrogen-bond donors (Lipinski definition) is 5. The van der Waals surface area contributed by atoms with Crippen LogP contribution in [0.4, 0.5) is 23.5 Å². The Hall–Kier alpha value is -3.94. The molecule has 258 valence electrons. The van der Waals surface area contributed by atoms with E-state index in [0.717, 1.165) is 82.3 Å². The van der Waals surface area contributed by atoms with Gasteiger partial charge in [-0.25, -0.2) is 9.97 Å². The average molecular weight is 657 g/mol. The fraction of sp³-hybridized carbons (Fsp3) is 0.600. The van der Waals surface area contributed by atoms with Crippen molar-refractivity contribution in [3.8, 4) is 0 Å². The van der Waals surface area contributed by atoms with Crippen molar-refractivity contribution in [2.75, 3.05) is 75.8 Å². The number of nitrogens with one attached hydrogen (secondary N) is 5. The lowest BCUT2D eigenvalue weighted by molar-refractivity contribution is 0.173. The number of aromatic nitrogens is 6. The Balaban J connectivity index is 0.000000168.